The highest BCUT2D eigenvalue weighted by Crippen LogP contribution is 2.32. The summed E-state index contributed by atoms with van der Waals surface area (Å²) in [5.74, 6) is -0.256. The first kappa shape index (κ1) is 15.8. The summed E-state index contributed by atoms with van der Waals surface area (Å²) < 4.78 is 0. The number of piperazine rings is 1. The second kappa shape index (κ2) is 5.97. The van der Waals surface area contributed by atoms with E-state index in [4.69, 9.17) is 23.2 Å². The molecule has 1 aliphatic heterocycles. The van der Waals surface area contributed by atoms with E-state index in [1.165, 1.54) is 0 Å². The van der Waals surface area contributed by atoms with E-state index in [0.717, 1.165) is 31.2 Å². The molecule has 1 saturated heterocycles. The Morgan fingerprint density at radius 3 is 2.83 bits per heavy atom. The van der Waals surface area contributed by atoms with Crippen molar-refractivity contribution in [1.29, 1.82) is 0 Å². The molecule has 2 N–H and O–H groups in total. The largest absolute Gasteiger partial charge is 0.350 e. The van der Waals surface area contributed by atoms with E-state index in [0.29, 0.717) is 21.1 Å². The number of rotatable bonds is 1. The number of halogens is 2. The fourth-order valence-electron chi connectivity index (χ4n) is 3.81. The van der Waals surface area contributed by atoms with Crippen LogP contribution >= 0.6 is 23.2 Å². The Kier molecular flexibility index (Phi) is 3.93. The fourth-order valence-corrected chi connectivity index (χ4v) is 4.20. The Balaban J connectivity index is 1.69. The first-order valence-corrected chi connectivity index (χ1v) is 8.87. The first-order chi connectivity index (χ1) is 11.5. The lowest BCUT2D eigenvalue weighted by Crippen LogP contribution is -2.62. The molecule has 0 radical (unpaired) electrons. The number of aromatic nitrogens is 1. The summed E-state index contributed by atoms with van der Waals surface area (Å²) >= 11 is 12.3. The Labute approximate surface area is 149 Å². The first-order valence-electron chi connectivity index (χ1n) is 8.11. The number of amides is 2. The number of benzene rings is 1. The normalized spacial score (nSPS) is 23.9. The second-order valence-corrected chi connectivity index (χ2v) is 7.25. The van der Waals surface area contributed by atoms with Crippen molar-refractivity contribution in [2.24, 2.45) is 0 Å². The Bertz CT molecular complexity index is 833. The zero-order valence-electron chi connectivity index (χ0n) is 12.9. The molecule has 1 aromatic carbocycles. The van der Waals surface area contributed by atoms with Crippen LogP contribution in [-0.2, 0) is 4.79 Å². The highest BCUT2D eigenvalue weighted by molar-refractivity contribution is 6.45. The zero-order chi connectivity index (χ0) is 16.8. The molecule has 2 fully saturated rings. The number of carbonyl (C=O) groups excluding carboxylic acids is 2. The summed E-state index contributed by atoms with van der Waals surface area (Å²) in [5, 5.41) is 4.61. The molecule has 2 aromatic rings. The lowest BCUT2D eigenvalue weighted by atomic mass is 9.87. The standard InChI is InChI=1S/C17H17Cl2N3O2/c18-10-5-6-11-9(16(10)19)7-13(20-11)17(24)22-8-15(23)21-12-3-1-2-4-14(12)22/h5-7,12,14,20H,1-4,8H2,(H,21,23). The minimum absolute atomic E-state index is 0.0614. The van der Waals surface area contributed by atoms with Gasteiger partial charge in [-0.15, -0.1) is 0 Å². The maximum Gasteiger partial charge on any atom is 0.271 e. The molecule has 4 rings (SSSR count). The predicted molar refractivity (Wildman–Crippen MR) is 93.5 cm³/mol. The maximum atomic E-state index is 13.0. The lowest BCUT2D eigenvalue weighted by molar-refractivity contribution is -0.127. The van der Waals surface area contributed by atoms with Crippen LogP contribution in [0.15, 0.2) is 18.2 Å². The highest BCUT2D eigenvalue weighted by Gasteiger charge is 2.39. The van der Waals surface area contributed by atoms with Gasteiger partial charge in [-0.2, -0.15) is 0 Å². The number of carbonyl (C=O) groups is 2. The third kappa shape index (κ3) is 2.56. The van der Waals surface area contributed by atoms with E-state index >= 15 is 0 Å². The SMILES string of the molecule is O=C1CN(C(=O)c2cc3c(Cl)c(Cl)ccc3[nH]2)C2CCCCC2N1. The van der Waals surface area contributed by atoms with Crippen molar-refractivity contribution in [1.82, 2.24) is 15.2 Å². The van der Waals surface area contributed by atoms with E-state index in [1.807, 2.05) is 0 Å². The third-order valence-electron chi connectivity index (χ3n) is 4.97. The second-order valence-electron chi connectivity index (χ2n) is 6.46. The smallest absolute Gasteiger partial charge is 0.271 e. The molecule has 24 heavy (non-hydrogen) atoms. The van der Waals surface area contributed by atoms with Crippen molar-refractivity contribution in [3.05, 3.63) is 33.9 Å². The van der Waals surface area contributed by atoms with Crippen molar-refractivity contribution >= 4 is 45.9 Å². The van der Waals surface area contributed by atoms with Crippen molar-refractivity contribution in [2.75, 3.05) is 6.54 Å². The van der Waals surface area contributed by atoms with E-state index in [9.17, 15) is 9.59 Å². The van der Waals surface area contributed by atoms with Crippen molar-refractivity contribution < 1.29 is 9.59 Å². The Hall–Kier alpha value is -1.72. The van der Waals surface area contributed by atoms with Gasteiger partial charge >= 0.3 is 0 Å². The summed E-state index contributed by atoms with van der Waals surface area (Å²) in [4.78, 5) is 29.8. The molecule has 1 saturated carbocycles. The summed E-state index contributed by atoms with van der Waals surface area (Å²) in [5.41, 5.74) is 1.20. The van der Waals surface area contributed by atoms with E-state index in [1.54, 1.807) is 23.1 Å². The van der Waals surface area contributed by atoms with Gasteiger partial charge in [-0.25, -0.2) is 0 Å². The molecule has 126 valence electrons. The van der Waals surface area contributed by atoms with Crippen LogP contribution < -0.4 is 5.32 Å². The predicted octanol–water partition coefficient (Wildman–Crippen LogP) is 3.36. The minimum Gasteiger partial charge on any atom is -0.350 e. The third-order valence-corrected chi connectivity index (χ3v) is 5.79. The van der Waals surface area contributed by atoms with Crippen LogP contribution in [0.25, 0.3) is 10.9 Å². The molecule has 1 aromatic heterocycles. The minimum atomic E-state index is -0.162. The molecule has 5 nitrogen and oxygen atoms in total. The van der Waals surface area contributed by atoms with E-state index in [-0.39, 0.29) is 30.4 Å². The van der Waals surface area contributed by atoms with Crippen LogP contribution in [0.5, 0.6) is 0 Å². The molecule has 2 unspecified atom stereocenters. The molecule has 7 heteroatoms. The number of fused-ring (bicyclic) bond motifs is 2. The summed E-state index contributed by atoms with van der Waals surface area (Å²) in [6.45, 7) is 0.101. The van der Waals surface area contributed by atoms with Crippen LogP contribution in [-0.4, -0.2) is 40.3 Å². The van der Waals surface area contributed by atoms with E-state index < -0.39 is 0 Å². The molecule has 2 atom stereocenters. The van der Waals surface area contributed by atoms with Gasteiger partial charge in [-0.05, 0) is 31.0 Å². The molecule has 0 bridgehead atoms. The van der Waals surface area contributed by atoms with Gasteiger partial charge in [-0.1, -0.05) is 36.0 Å². The number of H-pyrrole nitrogens is 1. The quantitative estimate of drug-likeness (QED) is 0.813. The van der Waals surface area contributed by atoms with Gasteiger partial charge in [0.05, 0.1) is 16.1 Å². The highest BCUT2D eigenvalue weighted by atomic mass is 35.5. The number of aromatic amines is 1. The van der Waals surface area contributed by atoms with Gasteiger partial charge < -0.3 is 15.2 Å². The van der Waals surface area contributed by atoms with Crippen molar-refractivity contribution in [3.63, 3.8) is 0 Å². The Morgan fingerprint density at radius 2 is 2.00 bits per heavy atom. The number of hydrogen-bond acceptors (Lipinski definition) is 2. The molecular weight excluding hydrogens is 349 g/mol. The zero-order valence-corrected chi connectivity index (χ0v) is 14.5. The van der Waals surface area contributed by atoms with Crippen LogP contribution in [0.2, 0.25) is 10.0 Å². The van der Waals surface area contributed by atoms with Gasteiger partial charge in [0.1, 0.15) is 12.2 Å². The van der Waals surface area contributed by atoms with Gasteiger partial charge in [-0.3, -0.25) is 9.59 Å². The fraction of sp³-hybridized carbons (Fsp3) is 0.412. The number of hydrogen-bond donors (Lipinski definition) is 2. The average Bonchev–Trinajstić information content (AvgIpc) is 3.02. The molecule has 2 heterocycles. The summed E-state index contributed by atoms with van der Waals surface area (Å²) in [6, 6.07) is 5.34. The van der Waals surface area contributed by atoms with Gasteiger partial charge in [0.2, 0.25) is 5.91 Å². The molecule has 2 aliphatic rings. The van der Waals surface area contributed by atoms with Gasteiger partial charge in [0.15, 0.2) is 0 Å². The molecular formula is C17H17Cl2N3O2. The Morgan fingerprint density at radius 1 is 1.21 bits per heavy atom. The average molecular weight is 366 g/mol. The molecule has 2 amide bonds. The summed E-state index contributed by atoms with van der Waals surface area (Å²) in [7, 11) is 0. The van der Waals surface area contributed by atoms with E-state index in [2.05, 4.69) is 10.3 Å². The van der Waals surface area contributed by atoms with Crippen molar-refractivity contribution in [2.45, 2.75) is 37.8 Å². The topological polar surface area (TPSA) is 65.2 Å². The van der Waals surface area contributed by atoms with Crippen LogP contribution in [0.4, 0.5) is 0 Å². The van der Waals surface area contributed by atoms with Gasteiger partial charge in [0, 0.05) is 16.9 Å². The maximum absolute atomic E-state index is 13.0. The lowest BCUT2D eigenvalue weighted by Gasteiger charge is -2.43. The monoisotopic (exact) mass is 365 g/mol. The molecule has 1 aliphatic carbocycles. The van der Waals surface area contributed by atoms with Gasteiger partial charge in [0.25, 0.3) is 5.91 Å². The van der Waals surface area contributed by atoms with Crippen LogP contribution in [0, 0.1) is 0 Å². The van der Waals surface area contributed by atoms with Crippen LogP contribution in [0.3, 0.4) is 0 Å². The van der Waals surface area contributed by atoms with Crippen molar-refractivity contribution in [3.8, 4) is 0 Å². The number of nitrogens with one attached hydrogen (secondary N) is 2. The molecule has 0 spiro atoms. The summed E-state index contributed by atoms with van der Waals surface area (Å²) in [6.07, 6.45) is 4.01. The van der Waals surface area contributed by atoms with Crippen LogP contribution in [0.1, 0.15) is 36.2 Å². The number of nitrogens with zero attached hydrogens (tertiary/aromatic N) is 1.